The maximum absolute atomic E-state index is 12.0. The summed E-state index contributed by atoms with van der Waals surface area (Å²) in [5.74, 6) is 1.76. The van der Waals surface area contributed by atoms with Gasteiger partial charge in [-0.1, -0.05) is 34.1 Å². The summed E-state index contributed by atoms with van der Waals surface area (Å²) in [5, 5.41) is 6.28. The van der Waals surface area contributed by atoms with Crippen molar-refractivity contribution in [2.24, 2.45) is 0 Å². The SMILES string of the molecule is COc1ccccc1CNCc1cc(OC)c(OCC(=O)NC(C)(C)C)cc1Br. The van der Waals surface area contributed by atoms with E-state index >= 15 is 0 Å². The van der Waals surface area contributed by atoms with Crippen LogP contribution in [0.5, 0.6) is 17.2 Å². The number of methoxy groups -OCH3 is 2. The first-order valence-corrected chi connectivity index (χ1v) is 10.2. The summed E-state index contributed by atoms with van der Waals surface area (Å²) in [5.41, 5.74) is 1.80. The molecule has 2 rings (SSSR count). The van der Waals surface area contributed by atoms with Crippen molar-refractivity contribution in [3.63, 3.8) is 0 Å². The van der Waals surface area contributed by atoms with Crippen LogP contribution < -0.4 is 24.8 Å². The molecule has 6 nitrogen and oxygen atoms in total. The van der Waals surface area contributed by atoms with E-state index in [-0.39, 0.29) is 18.1 Å². The van der Waals surface area contributed by atoms with E-state index in [1.54, 1.807) is 14.2 Å². The van der Waals surface area contributed by atoms with E-state index in [9.17, 15) is 4.79 Å². The van der Waals surface area contributed by atoms with Crippen molar-refractivity contribution < 1.29 is 19.0 Å². The number of carbonyl (C=O) groups is 1. The molecule has 0 atom stereocenters. The summed E-state index contributed by atoms with van der Waals surface area (Å²) in [4.78, 5) is 12.0. The minimum atomic E-state index is -0.303. The van der Waals surface area contributed by atoms with Gasteiger partial charge >= 0.3 is 0 Å². The highest BCUT2D eigenvalue weighted by molar-refractivity contribution is 9.10. The Balaban J connectivity index is 2.01. The van der Waals surface area contributed by atoms with E-state index in [0.29, 0.717) is 24.6 Å². The number of halogens is 1. The first-order chi connectivity index (χ1) is 13.7. The number of para-hydroxylation sites is 1. The molecule has 0 aromatic heterocycles. The molecular formula is C22H29BrN2O4. The van der Waals surface area contributed by atoms with Crippen LogP contribution in [0.15, 0.2) is 40.9 Å². The van der Waals surface area contributed by atoms with Gasteiger partial charge in [0, 0.05) is 28.7 Å². The van der Waals surface area contributed by atoms with Crippen LogP contribution in [0, 0.1) is 0 Å². The molecule has 158 valence electrons. The third-order valence-electron chi connectivity index (χ3n) is 4.03. The Morgan fingerprint density at radius 2 is 1.62 bits per heavy atom. The molecule has 29 heavy (non-hydrogen) atoms. The smallest absolute Gasteiger partial charge is 0.258 e. The molecule has 0 spiro atoms. The van der Waals surface area contributed by atoms with E-state index in [0.717, 1.165) is 21.3 Å². The van der Waals surface area contributed by atoms with Gasteiger partial charge in [0.25, 0.3) is 5.91 Å². The second-order valence-electron chi connectivity index (χ2n) is 7.60. The predicted octanol–water partition coefficient (Wildman–Crippen LogP) is 4.05. The number of amides is 1. The molecule has 0 saturated heterocycles. The Kier molecular flexibility index (Phi) is 8.34. The van der Waals surface area contributed by atoms with Crippen LogP contribution in [0.25, 0.3) is 0 Å². The van der Waals surface area contributed by atoms with Gasteiger partial charge in [-0.2, -0.15) is 0 Å². The van der Waals surface area contributed by atoms with Crippen LogP contribution in [-0.2, 0) is 17.9 Å². The lowest BCUT2D eigenvalue weighted by Crippen LogP contribution is -2.43. The topological polar surface area (TPSA) is 68.8 Å². The number of nitrogens with one attached hydrogen (secondary N) is 2. The van der Waals surface area contributed by atoms with Gasteiger partial charge in [0.15, 0.2) is 18.1 Å². The fourth-order valence-electron chi connectivity index (χ4n) is 2.76. The summed E-state index contributed by atoms with van der Waals surface area (Å²) in [6.45, 7) is 6.99. The summed E-state index contributed by atoms with van der Waals surface area (Å²) in [6, 6.07) is 11.6. The molecule has 1 amide bonds. The average Bonchev–Trinajstić information content (AvgIpc) is 2.66. The Bertz CT molecular complexity index is 834. The normalized spacial score (nSPS) is 11.1. The molecule has 0 aliphatic carbocycles. The fourth-order valence-corrected chi connectivity index (χ4v) is 3.23. The second kappa shape index (κ2) is 10.5. The molecule has 0 unspecified atom stereocenters. The van der Waals surface area contributed by atoms with Gasteiger partial charge in [-0.25, -0.2) is 0 Å². The van der Waals surface area contributed by atoms with Crippen molar-refractivity contribution in [2.75, 3.05) is 20.8 Å². The zero-order valence-electron chi connectivity index (χ0n) is 17.6. The van der Waals surface area contributed by atoms with E-state index in [1.807, 2.05) is 57.2 Å². The van der Waals surface area contributed by atoms with Crippen LogP contribution in [0.1, 0.15) is 31.9 Å². The van der Waals surface area contributed by atoms with Crippen LogP contribution >= 0.6 is 15.9 Å². The fraction of sp³-hybridized carbons (Fsp3) is 0.409. The molecule has 0 fully saturated rings. The lowest BCUT2D eigenvalue weighted by atomic mass is 10.1. The quantitative estimate of drug-likeness (QED) is 0.585. The minimum Gasteiger partial charge on any atom is -0.496 e. The molecule has 0 radical (unpaired) electrons. The van der Waals surface area contributed by atoms with Gasteiger partial charge < -0.3 is 24.8 Å². The molecule has 0 bridgehead atoms. The van der Waals surface area contributed by atoms with Crippen LogP contribution in [0.2, 0.25) is 0 Å². The zero-order valence-corrected chi connectivity index (χ0v) is 19.2. The van der Waals surface area contributed by atoms with Gasteiger partial charge in [-0.05, 0) is 44.5 Å². The molecule has 0 heterocycles. The second-order valence-corrected chi connectivity index (χ2v) is 8.45. The Labute approximate surface area is 181 Å². The van der Waals surface area contributed by atoms with Gasteiger partial charge in [0.2, 0.25) is 0 Å². The molecule has 0 saturated carbocycles. The van der Waals surface area contributed by atoms with Gasteiger partial charge in [-0.15, -0.1) is 0 Å². The predicted molar refractivity (Wildman–Crippen MR) is 118 cm³/mol. The molecule has 7 heteroatoms. The highest BCUT2D eigenvalue weighted by atomic mass is 79.9. The van der Waals surface area contributed by atoms with Crippen molar-refractivity contribution in [3.8, 4) is 17.2 Å². The molecule has 2 aromatic carbocycles. The average molecular weight is 465 g/mol. The molecule has 0 aliphatic heterocycles. The number of rotatable bonds is 9. The first kappa shape index (κ1) is 23.0. The van der Waals surface area contributed by atoms with Gasteiger partial charge in [-0.3, -0.25) is 4.79 Å². The van der Waals surface area contributed by atoms with E-state index in [1.165, 1.54) is 0 Å². The van der Waals surface area contributed by atoms with Crippen molar-refractivity contribution in [1.82, 2.24) is 10.6 Å². The lowest BCUT2D eigenvalue weighted by molar-refractivity contribution is -0.124. The summed E-state index contributed by atoms with van der Waals surface area (Å²) >= 11 is 3.58. The number of hydrogen-bond donors (Lipinski definition) is 2. The Morgan fingerprint density at radius 1 is 0.966 bits per heavy atom. The summed E-state index contributed by atoms with van der Waals surface area (Å²) in [7, 11) is 3.25. The number of carbonyl (C=O) groups excluding carboxylic acids is 1. The van der Waals surface area contributed by atoms with Gasteiger partial charge in [0.1, 0.15) is 5.75 Å². The van der Waals surface area contributed by atoms with Crippen molar-refractivity contribution in [2.45, 2.75) is 39.4 Å². The molecule has 0 aliphatic rings. The van der Waals surface area contributed by atoms with Crippen LogP contribution in [0.3, 0.4) is 0 Å². The van der Waals surface area contributed by atoms with Crippen LogP contribution in [-0.4, -0.2) is 32.3 Å². The largest absolute Gasteiger partial charge is 0.496 e. The van der Waals surface area contributed by atoms with Crippen molar-refractivity contribution in [1.29, 1.82) is 0 Å². The van der Waals surface area contributed by atoms with E-state index < -0.39 is 0 Å². The maximum atomic E-state index is 12.0. The molecular weight excluding hydrogens is 436 g/mol. The standard InChI is InChI=1S/C22H29BrN2O4/c1-22(2,3)25-21(26)14-29-20-11-17(23)16(10-19(20)28-5)13-24-12-15-8-6-7-9-18(15)27-4/h6-11,24H,12-14H2,1-5H3,(H,25,26). The summed E-state index contributed by atoms with van der Waals surface area (Å²) < 4.78 is 17.4. The molecule has 2 N–H and O–H groups in total. The number of benzene rings is 2. The zero-order chi connectivity index (χ0) is 21.4. The minimum absolute atomic E-state index is 0.0779. The maximum Gasteiger partial charge on any atom is 0.258 e. The Hall–Kier alpha value is -2.25. The third-order valence-corrected chi connectivity index (χ3v) is 4.77. The highest BCUT2D eigenvalue weighted by Crippen LogP contribution is 2.33. The number of hydrogen-bond acceptors (Lipinski definition) is 5. The lowest BCUT2D eigenvalue weighted by Gasteiger charge is -2.21. The van der Waals surface area contributed by atoms with E-state index in [2.05, 4.69) is 26.6 Å². The van der Waals surface area contributed by atoms with Crippen molar-refractivity contribution in [3.05, 3.63) is 52.0 Å². The first-order valence-electron chi connectivity index (χ1n) is 9.36. The summed E-state index contributed by atoms with van der Waals surface area (Å²) in [6.07, 6.45) is 0. The van der Waals surface area contributed by atoms with Gasteiger partial charge in [0.05, 0.1) is 14.2 Å². The number of ether oxygens (including phenoxy) is 3. The third kappa shape index (κ3) is 7.25. The van der Waals surface area contributed by atoms with Crippen LogP contribution in [0.4, 0.5) is 0 Å². The highest BCUT2D eigenvalue weighted by Gasteiger charge is 2.16. The van der Waals surface area contributed by atoms with Crippen molar-refractivity contribution >= 4 is 21.8 Å². The van der Waals surface area contributed by atoms with E-state index in [4.69, 9.17) is 14.2 Å². The monoisotopic (exact) mass is 464 g/mol. The molecule has 2 aromatic rings. The Morgan fingerprint density at radius 3 is 2.28 bits per heavy atom.